The lowest BCUT2D eigenvalue weighted by Gasteiger charge is -2.14. The molecule has 0 aliphatic heterocycles. The fourth-order valence-corrected chi connectivity index (χ4v) is 1.97. The molecule has 0 fully saturated rings. The average molecular weight is 244 g/mol. The van der Waals surface area contributed by atoms with Crippen LogP contribution in [-0.2, 0) is 0 Å². The summed E-state index contributed by atoms with van der Waals surface area (Å²) in [7, 11) is 0. The molecule has 0 heterocycles. The van der Waals surface area contributed by atoms with Gasteiger partial charge in [0.2, 0.25) is 0 Å². The van der Waals surface area contributed by atoms with Gasteiger partial charge in [-0.25, -0.2) is 4.39 Å². The molecule has 0 aromatic heterocycles. The number of aliphatic hydroxyl groups is 1. The number of halogens is 1. The van der Waals surface area contributed by atoms with E-state index in [9.17, 15) is 9.50 Å². The molecule has 2 aromatic rings. The molecule has 0 aliphatic carbocycles. The predicted octanol–water partition coefficient (Wildman–Crippen LogP) is 3.83. The summed E-state index contributed by atoms with van der Waals surface area (Å²) in [6.07, 6.45) is -0.705. The minimum atomic E-state index is -0.705. The van der Waals surface area contributed by atoms with E-state index in [0.29, 0.717) is 5.56 Å². The topological polar surface area (TPSA) is 20.2 Å². The van der Waals surface area contributed by atoms with Crippen molar-refractivity contribution < 1.29 is 9.50 Å². The van der Waals surface area contributed by atoms with Crippen molar-refractivity contribution in [2.75, 3.05) is 0 Å². The van der Waals surface area contributed by atoms with Crippen molar-refractivity contribution in [1.29, 1.82) is 0 Å². The van der Waals surface area contributed by atoms with E-state index in [-0.39, 0.29) is 5.82 Å². The second-order valence-electron chi connectivity index (χ2n) is 4.75. The normalized spacial score (nSPS) is 12.5. The summed E-state index contributed by atoms with van der Waals surface area (Å²) in [5.41, 5.74) is 4.45. The molecule has 2 aromatic carbocycles. The molecule has 2 rings (SSSR count). The molecule has 1 N–H and O–H groups in total. The Morgan fingerprint density at radius 1 is 0.833 bits per heavy atom. The van der Waals surface area contributed by atoms with E-state index >= 15 is 0 Å². The smallest absolute Gasteiger partial charge is 0.126 e. The minimum Gasteiger partial charge on any atom is -0.384 e. The first-order valence-electron chi connectivity index (χ1n) is 6.00. The number of hydrogen-bond donors (Lipinski definition) is 1. The van der Waals surface area contributed by atoms with Gasteiger partial charge in [-0.3, -0.25) is 0 Å². The van der Waals surface area contributed by atoms with Gasteiger partial charge in [0.05, 0.1) is 0 Å². The number of rotatable bonds is 2. The molecule has 1 unspecified atom stereocenters. The molecule has 18 heavy (non-hydrogen) atoms. The van der Waals surface area contributed by atoms with E-state index < -0.39 is 6.10 Å². The van der Waals surface area contributed by atoms with Crippen molar-refractivity contribution >= 4 is 0 Å². The summed E-state index contributed by atoms with van der Waals surface area (Å²) in [4.78, 5) is 0. The molecule has 0 amide bonds. The third-order valence-electron chi connectivity index (χ3n) is 3.34. The fraction of sp³-hybridized carbons (Fsp3) is 0.250. The van der Waals surface area contributed by atoms with Crippen molar-refractivity contribution in [3.05, 3.63) is 70.0 Å². The largest absolute Gasteiger partial charge is 0.384 e. The Balaban J connectivity index is 2.37. The first-order valence-corrected chi connectivity index (χ1v) is 6.00. The first-order chi connectivity index (χ1) is 8.49. The molecule has 0 radical (unpaired) electrons. The van der Waals surface area contributed by atoms with E-state index in [0.717, 1.165) is 16.7 Å². The molecule has 0 aliphatic rings. The quantitative estimate of drug-likeness (QED) is 0.851. The lowest BCUT2D eigenvalue weighted by atomic mass is 9.97. The van der Waals surface area contributed by atoms with Gasteiger partial charge in [-0.05, 0) is 54.7 Å². The van der Waals surface area contributed by atoms with Crippen LogP contribution in [0.4, 0.5) is 4.39 Å². The summed E-state index contributed by atoms with van der Waals surface area (Å²) < 4.78 is 13.2. The highest BCUT2D eigenvalue weighted by molar-refractivity contribution is 5.37. The molecule has 0 spiro atoms. The molecular weight excluding hydrogens is 227 g/mol. The Bertz CT molecular complexity index is 524. The first kappa shape index (κ1) is 12.8. The molecule has 1 atom stereocenters. The lowest BCUT2D eigenvalue weighted by Crippen LogP contribution is -2.01. The maximum Gasteiger partial charge on any atom is 0.126 e. The monoisotopic (exact) mass is 244 g/mol. The van der Waals surface area contributed by atoms with Gasteiger partial charge in [-0.2, -0.15) is 0 Å². The van der Waals surface area contributed by atoms with E-state index in [1.165, 1.54) is 11.6 Å². The highest BCUT2D eigenvalue weighted by Crippen LogP contribution is 2.25. The number of benzene rings is 2. The molecule has 94 valence electrons. The third kappa shape index (κ3) is 2.44. The Morgan fingerprint density at radius 2 is 1.39 bits per heavy atom. The molecule has 0 saturated carbocycles. The Morgan fingerprint density at radius 3 is 1.94 bits per heavy atom. The minimum absolute atomic E-state index is 0.244. The van der Waals surface area contributed by atoms with E-state index in [1.807, 2.05) is 32.0 Å². The van der Waals surface area contributed by atoms with Crippen molar-refractivity contribution in [1.82, 2.24) is 0 Å². The second kappa shape index (κ2) is 4.91. The van der Waals surface area contributed by atoms with Crippen molar-refractivity contribution in [2.45, 2.75) is 26.9 Å². The summed E-state index contributed by atoms with van der Waals surface area (Å²) in [5, 5.41) is 10.3. The summed E-state index contributed by atoms with van der Waals surface area (Å²) in [5.74, 6) is -0.244. The molecule has 1 nitrogen and oxygen atoms in total. The molecule has 0 saturated heterocycles. The van der Waals surface area contributed by atoms with Gasteiger partial charge in [0, 0.05) is 0 Å². The summed E-state index contributed by atoms with van der Waals surface area (Å²) in [6.45, 7) is 5.75. The zero-order valence-electron chi connectivity index (χ0n) is 10.9. The van der Waals surface area contributed by atoms with Gasteiger partial charge in [-0.15, -0.1) is 0 Å². The van der Waals surface area contributed by atoms with Crippen LogP contribution >= 0.6 is 0 Å². The van der Waals surface area contributed by atoms with Gasteiger partial charge in [0.1, 0.15) is 11.9 Å². The van der Waals surface area contributed by atoms with Gasteiger partial charge in [0.15, 0.2) is 0 Å². The van der Waals surface area contributed by atoms with E-state index in [4.69, 9.17) is 0 Å². The maximum atomic E-state index is 13.2. The number of aliphatic hydroxyl groups excluding tert-OH is 1. The standard InChI is InChI=1S/C16H17FO/c1-10-4-5-13(8-11(10)2)16(18)14-6-7-15(17)12(3)9-14/h4-9,16,18H,1-3H3. The van der Waals surface area contributed by atoms with Crippen LogP contribution in [0.1, 0.15) is 33.9 Å². The third-order valence-corrected chi connectivity index (χ3v) is 3.34. The SMILES string of the molecule is Cc1ccc(C(O)c2ccc(F)c(C)c2)cc1C. The fourth-order valence-electron chi connectivity index (χ4n) is 1.97. The van der Waals surface area contributed by atoms with Gasteiger partial charge in [0.25, 0.3) is 0 Å². The average Bonchev–Trinajstić information content (AvgIpc) is 2.35. The van der Waals surface area contributed by atoms with Crippen LogP contribution in [-0.4, -0.2) is 5.11 Å². The van der Waals surface area contributed by atoms with E-state index in [1.54, 1.807) is 19.1 Å². The van der Waals surface area contributed by atoms with Gasteiger partial charge >= 0.3 is 0 Å². The number of aryl methyl sites for hydroxylation is 3. The molecule has 2 heteroatoms. The maximum absolute atomic E-state index is 13.2. The Kier molecular flexibility index (Phi) is 3.48. The highest BCUT2D eigenvalue weighted by Gasteiger charge is 2.12. The summed E-state index contributed by atoms with van der Waals surface area (Å²) >= 11 is 0. The van der Waals surface area contributed by atoms with Crippen LogP contribution in [0.5, 0.6) is 0 Å². The molecule has 0 bridgehead atoms. The van der Waals surface area contributed by atoms with Crippen LogP contribution in [0.25, 0.3) is 0 Å². The Hall–Kier alpha value is -1.67. The van der Waals surface area contributed by atoms with Crippen molar-refractivity contribution in [3.63, 3.8) is 0 Å². The molecular formula is C16H17FO. The van der Waals surface area contributed by atoms with Crippen molar-refractivity contribution in [2.24, 2.45) is 0 Å². The summed E-state index contributed by atoms with van der Waals surface area (Å²) in [6, 6.07) is 10.6. The van der Waals surface area contributed by atoms with E-state index in [2.05, 4.69) is 0 Å². The zero-order chi connectivity index (χ0) is 13.3. The van der Waals surface area contributed by atoms with Gasteiger partial charge in [-0.1, -0.05) is 30.3 Å². The van der Waals surface area contributed by atoms with Crippen LogP contribution < -0.4 is 0 Å². The van der Waals surface area contributed by atoms with Crippen LogP contribution in [0.2, 0.25) is 0 Å². The Labute approximate surface area is 107 Å². The van der Waals surface area contributed by atoms with Crippen molar-refractivity contribution in [3.8, 4) is 0 Å². The van der Waals surface area contributed by atoms with Crippen LogP contribution in [0, 0.1) is 26.6 Å². The van der Waals surface area contributed by atoms with Crippen LogP contribution in [0.15, 0.2) is 36.4 Å². The predicted molar refractivity (Wildman–Crippen MR) is 71.1 cm³/mol. The second-order valence-corrected chi connectivity index (χ2v) is 4.75. The highest BCUT2D eigenvalue weighted by atomic mass is 19.1. The van der Waals surface area contributed by atoms with Gasteiger partial charge < -0.3 is 5.11 Å². The van der Waals surface area contributed by atoms with Crippen LogP contribution in [0.3, 0.4) is 0 Å². The lowest BCUT2D eigenvalue weighted by molar-refractivity contribution is 0.220. The number of hydrogen-bond acceptors (Lipinski definition) is 1. The zero-order valence-corrected chi connectivity index (χ0v) is 10.9.